The Hall–Kier alpha value is -1.26. The fraction of sp³-hybridized carbons (Fsp3) is 0.364. The third kappa shape index (κ3) is 4.08. The number of anilines is 1. The van der Waals surface area contributed by atoms with Gasteiger partial charge in [0.2, 0.25) is 5.91 Å². The number of halogens is 1. The van der Waals surface area contributed by atoms with E-state index in [0.717, 1.165) is 0 Å². The highest BCUT2D eigenvalue weighted by Gasteiger charge is 2.16. The van der Waals surface area contributed by atoms with Crippen LogP contribution in [0.15, 0.2) is 24.3 Å². The summed E-state index contributed by atoms with van der Waals surface area (Å²) < 4.78 is 0. The van der Waals surface area contributed by atoms with Crippen molar-refractivity contribution in [3.8, 4) is 5.75 Å². The van der Waals surface area contributed by atoms with Gasteiger partial charge in [0, 0.05) is 5.69 Å². The molecule has 0 aliphatic heterocycles. The highest BCUT2D eigenvalue weighted by Crippen LogP contribution is 2.14. The molecule has 4 nitrogen and oxygen atoms in total. The summed E-state index contributed by atoms with van der Waals surface area (Å²) in [7, 11) is 0. The molecule has 1 rings (SSSR count). The molecule has 0 unspecified atom stereocenters. The molecule has 4 N–H and O–H groups in total. The van der Waals surface area contributed by atoms with Crippen LogP contribution in [0.3, 0.4) is 0 Å². The van der Waals surface area contributed by atoms with Gasteiger partial charge < -0.3 is 16.2 Å². The molecule has 0 radical (unpaired) electrons. The van der Waals surface area contributed by atoms with Crippen LogP contribution in [0.1, 0.15) is 13.8 Å². The monoisotopic (exact) mass is 244 g/mol. The second-order valence-electron chi connectivity index (χ2n) is 3.81. The quantitative estimate of drug-likeness (QED) is 0.709. The topological polar surface area (TPSA) is 75.4 Å². The Labute approximate surface area is 101 Å². The molecular formula is C11H17ClN2O2. The predicted octanol–water partition coefficient (Wildman–Crippen LogP) is 1.74. The Bertz CT molecular complexity index is 338. The zero-order valence-corrected chi connectivity index (χ0v) is 10.1. The lowest BCUT2D eigenvalue weighted by Crippen LogP contribution is -2.39. The van der Waals surface area contributed by atoms with Gasteiger partial charge in [0.25, 0.3) is 0 Å². The van der Waals surface area contributed by atoms with Crippen molar-refractivity contribution < 1.29 is 9.90 Å². The molecule has 0 bridgehead atoms. The van der Waals surface area contributed by atoms with Gasteiger partial charge >= 0.3 is 0 Å². The average Bonchev–Trinajstić information content (AvgIpc) is 2.20. The van der Waals surface area contributed by atoms with Crippen molar-refractivity contribution >= 4 is 24.0 Å². The minimum atomic E-state index is -0.515. The number of aromatic hydroxyl groups is 1. The maximum Gasteiger partial charge on any atom is 0.241 e. The van der Waals surface area contributed by atoms with Crippen molar-refractivity contribution in [3.05, 3.63) is 24.3 Å². The number of amides is 1. The van der Waals surface area contributed by atoms with E-state index in [1.54, 1.807) is 12.1 Å². The first kappa shape index (κ1) is 14.7. The van der Waals surface area contributed by atoms with Gasteiger partial charge in [-0.3, -0.25) is 4.79 Å². The van der Waals surface area contributed by atoms with Gasteiger partial charge in [-0.1, -0.05) is 13.8 Å². The number of nitrogens with two attached hydrogens (primary N) is 1. The zero-order valence-electron chi connectivity index (χ0n) is 9.31. The van der Waals surface area contributed by atoms with E-state index >= 15 is 0 Å². The molecule has 1 amide bonds. The molecule has 0 spiro atoms. The van der Waals surface area contributed by atoms with Gasteiger partial charge in [0.1, 0.15) is 5.75 Å². The van der Waals surface area contributed by atoms with Crippen molar-refractivity contribution in [3.63, 3.8) is 0 Å². The van der Waals surface area contributed by atoms with Gasteiger partial charge in [-0.25, -0.2) is 0 Å². The average molecular weight is 245 g/mol. The van der Waals surface area contributed by atoms with E-state index in [0.29, 0.717) is 5.69 Å². The molecule has 90 valence electrons. The van der Waals surface area contributed by atoms with Crippen LogP contribution < -0.4 is 11.1 Å². The lowest BCUT2D eigenvalue weighted by Gasteiger charge is -2.15. The van der Waals surface area contributed by atoms with Crippen molar-refractivity contribution in [2.24, 2.45) is 11.7 Å². The molecule has 0 aliphatic carbocycles. The number of hydrogen-bond acceptors (Lipinski definition) is 3. The normalized spacial score (nSPS) is 11.8. The van der Waals surface area contributed by atoms with E-state index in [9.17, 15) is 4.79 Å². The minimum Gasteiger partial charge on any atom is -0.508 e. The predicted molar refractivity (Wildman–Crippen MR) is 66.8 cm³/mol. The molecule has 1 aromatic carbocycles. The largest absolute Gasteiger partial charge is 0.508 e. The van der Waals surface area contributed by atoms with Crippen LogP contribution in [0.25, 0.3) is 0 Å². The number of hydrogen-bond donors (Lipinski definition) is 3. The number of carbonyl (C=O) groups excluding carboxylic acids is 1. The maximum atomic E-state index is 11.5. The molecule has 0 heterocycles. The number of rotatable bonds is 3. The molecule has 0 saturated heterocycles. The molecule has 1 atom stereocenters. The zero-order chi connectivity index (χ0) is 11.4. The molecule has 1 aromatic rings. The molecule has 0 saturated carbocycles. The SMILES string of the molecule is CC(C)[C@@H](N)C(=O)Nc1ccc(O)cc1.Cl. The van der Waals surface area contributed by atoms with E-state index in [1.807, 2.05) is 13.8 Å². The number of phenolic OH excluding ortho intramolecular Hbond substituents is 1. The first-order valence-electron chi connectivity index (χ1n) is 4.86. The Morgan fingerprint density at radius 2 is 1.81 bits per heavy atom. The third-order valence-electron chi connectivity index (χ3n) is 2.16. The van der Waals surface area contributed by atoms with Gasteiger partial charge in [0.15, 0.2) is 0 Å². The van der Waals surface area contributed by atoms with Crippen LogP contribution >= 0.6 is 12.4 Å². The van der Waals surface area contributed by atoms with Gasteiger partial charge in [-0.2, -0.15) is 0 Å². The second kappa shape index (κ2) is 6.35. The Balaban J connectivity index is 0.00000225. The van der Waals surface area contributed by atoms with Crippen molar-refractivity contribution in [1.82, 2.24) is 0 Å². The number of benzene rings is 1. The standard InChI is InChI=1S/C11H16N2O2.ClH/c1-7(2)10(12)11(15)13-8-3-5-9(14)6-4-8;/h3-7,10,14H,12H2,1-2H3,(H,13,15);1H/t10-;/m1./s1. The summed E-state index contributed by atoms with van der Waals surface area (Å²) in [5, 5.41) is 11.7. The van der Waals surface area contributed by atoms with E-state index in [1.165, 1.54) is 12.1 Å². The van der Waals surface area contributed by atoms with E-state index in [4.69, 9.17) is 10.8 Å². The summed E-state index contributed by atoms with van der Waals surface area (Å²) in [6, 6.07) is 5.76. The van der Waals surface area contributed by atoms with E-state index in [2.05, 4.69) is 5.32 Å². The molecule has 5 heteroatoms. The van der Waals surface area contributed by atoms with Crippen LogP contribution in [-0.2, 0) is 4.79 Å². The number of carbonyl (C=O) groups is 1. The highest BCUT2D eigenvalue weighted by molar-refractivity contribution is 5.94. The van der Waals surface area contributed by atoms with Crippen LogP contribution in [-0.4, -0.2) is 17.1 Å². The maximum absolute atomic E-state index is 11.5. The lowest BCUT2D eigenvalue weighted by molar-refractivity contribution is -0.118. The van der Waals surface area contributed by atoms with Crippen LogP contribution in [0, 0.1) is 5.92 Å². The highest BCUT2D eigenvalue weighted by atomic mass is 35.5. The Morgan fingerprint density at radius 1 is 1.31 bits per heavy atom. The van der Waals surface area contributed by atoms with Crippen LogP contribution in [0.5, 0.6) is 5.75 Å². The van der Waals surface area contributed by atoms with Gasteiger partial charge in [0.05, 0.1) is 6.04 Å². The fourth-order valence-electron chi connectivity index (χ4n) is 1.07. The minimum absolute atomic E-state index is 0. The molecule has 0 aromatic heterocycles. The van der Waals surface area contributed by atoms with Gasteiger partial charge in [-0.05, 0) is 30.2 Å². The molecular weight excluding hydrogens is 228 g/mol. The third-order valence-corrected chi connectivity index (χ3v) is 2.16. The smallest absolute Gasteiger partial charge is 0.241 e. The number of phenols is 1. The van der Waals surface area contributed by atoms with Crippen LogP contribution in [0.4, 0.5) is 5.69 Å². The molecule has 0 aliphatic rings. The van der Waals surface area contributed by atoms with E-state index in [-0.39, 0.29) is 30.0 Å². The van der Waals surface area contributed by atoms with E-state index < -0.39 is 6.04 Å². The summed E-state index contributed by atoms with van der Waals surface area (Å²) in [5.41, 5.74) is 6.31. The molecule has 16 heavy (non-hydrogen) atoms. The summed E-state index contributed by atoms with van der Waals surface area (Å²) in [5.74, 6) is 0.0546. The Morgan fingerprint density at radius 3 is 2.25 bits per heavy atom. The second-order valence-corrected chi connectivity index (χ2v) is 3.81. The number of nitrogens with one attached hydrogen (secondary N) is 1. The first-order valence-corrected chi connectivity index (χ1v) is 4.86. The lowest BCUT2D eigenvalue weighted by atomic mass is 10.1. The first-order chi connectivity index (χ1) is 7.00. The van der Waals surface area contributed by atoms with Crippen molar-refractivity contribution in [2.75, 3.05) is 5.32 Å². The van der Waals surface area contributed by atoms with Crippen molar-refractivity contribution in [1.29, 1.82) is 0 Å². The summed E-state index contributed by atoms with van der Waals surface area (Å²) in [6.45, 7) is 3.78. The van der Waals surface area contributed by atoms with Crippen LogP contribution in [0.2, 0.25) is 0 Å². The molecule has 0 fully saturated rings. The van der Waals surface area contributed by atoms with Crippen molar-refractivity contribution in [2.45, 2.75) is 19.9 Å². The summed E-state index contributed by atoms with van der Waals surface area (Å²) >= 11 is 0. The summed E-state index contributed by atoms with van der Waals surface area (Å²) in [4.78, 5) is 11.5. The fourth-order valence-corrected chi connectivity index (χ4v) is 1.07. The summed E-state index contributed by atoms with van der Waals surface area (Å²) in [6.07, 6.45) is 0. The Kier molecular flexibility index (Phi) is 5.85. The van der Waals surface area contributed by atoms with Gasteiger partial charge in [-0.15, -0.1) is 12.4 Å².